The Labute approximate surface area is 121 Å². The molecule has 3 aliphatic rings. The first-order chi connectivity index (χ1) is 9.63. The lowest BCUT2D eigenvalue weighted by Crippen LogP contribution is -2.51. The molecule has 0 bridgehead atoms. The molecule has 0 aromatic rings. The Morgan fingerprint density at radius 1 is 1.35 bits per heavy atom. The Hall–Kier alpha value is -0.830. The molecule has 0 radical (unpaired) electrons. The van der Waals surface area contributed by atoms with Gasteiger partial charge in [-0.05, 0) is 49.0 Å². The van der Waals surface area contributed by atoms with E-state index in [2.05, 4.69) is 6.08 Å². The molecule has 3 N–H and O–H groups in total. The Bertz CT molecular complexity index is 411. The van der Waals surface area contributed by atoms with E-state index in [-0.39, 0.29) is 11.8 Å². The first-order valence-corrected chi connectivity index (χ1v) is 8.24. The summed E-state index contributed by atoms with van der Waals surface area (Å²) in [7, 11) is 0. The second-order valence-corrected chi connectivity index (χ2v) is 7.36. The summed E-state index contributed by atoms with van der Waals surface area (Å²) in [6.07, 6.45) is 13.2. The third-order valence-corrected chi connectivity index (χ3v) is 6.01. The molecule has 0 aromatic carbocycles. The average Bonchev–Trinajstić information content (AvgIpc) is 2.75. The maximum Gasteiger partial charge on any atom is 0.303 e. The van der Waals surface area contributed by atoms with E-state index in [9.17, 15) is 4.79 Å². The zero-order valence-corrected chi connectivity index (χ0v) is 12.3. The van der Waals surface area contributed by atoms with E-state index in [1.54, 1.807) is 5.57 Å². The summed E-state index contributed by atoms with van der Waals surface area (Å²) in [5, 5.41) is 9.12. The minimum absolute atomic E-state index is 0.134. The lowest BCUT2D eigenvalue weighted by atomic mass is 9.53. The lowest BCUT2D eigenvalue weighted by molar-refractivity contribution is -0.144. The van der Waals surface area contributed by atoms with Crippen LogP contribution in [0.25, 0.3) is 0 Å². The van der Waals surface area contributed by atoms with Crippen LogP contribution in [0.2, 0.25) is 0 Å². The monoisotopic (exact) mass is 277 g/mol. The van der Waals surface area contributed by atoms with Crippen molar-refractivity contribution in [2.24, 2.45) is 28.9 Å². The lowest BCUT2D eigenvalue weighted by Gasteiger charge is -2.51. The number of carboxylic acids is 1. The van der Waals surface area contributed by atoms with Gasteiger partial charge >= 0.3 is 5.97 Å². The molecule has 0 unspecified atom stereocenters. The van der Waals surface area contributed by atoms with Gasteiger partial charge in [0.25, 0.3) is 0 Å². The molecule has 0 amide bonds. The fourth-order valence-corrected chi connectivity index (χ4v) is 4.99. The smallest absolute Gasteiger partial charge is 0.303 e. The van der Waals surface area contributed by atoms with Gasteiger partial charge in [0.1, 0.15) is 0 Å². The number of fused-ring (bicyclic) bond motifs is 1. The van der Waals surface area contributed by atoms with E-state index in [1.807, 2.05) is 0 Å². The van der Waals surface area contributed by atoms with Crippen LogP contribution < -0.4 is 5.73 Å². The molecule has 3 aliphatic carbocycles. The van der Waals surface area contributed by atoms with Crippen molar-refractivity contribution in [2.75, 3.05) is 6.54 Å². The predicted octanol–water partition coefficient (Wildman–Crippen LogP) is 3.34. The summed E-state index contributed by atoms with van der Waals surface area (Å²) in [6, 6.07) is 0. The van der Waals surface area contributed by atoms with Crippen molar-refractivity contribution in [1.29, 1.82) is 0 Å². The normalized spacial score (nSPS) is 37.1. The van der Waals surface area contributed by atoms with Crippen molar-refractivity contribution >= 4 is 5.97 Å². The van der Waals surface area contributed by atoms with Gasteiger partial charge in [0.05, 0.1) is 6.42 Å². The van der Waals surface area contributed by atoms with Crippen molar-refractivity contribution in [1.82, 2.24) is 0 Å². The number of nitrogens with two attached hydrogens (primary N) is 1. The summed E-state index contributed by atoms with van der Waals surface area (Å²) in [5.41, 5.74) is 7.38. The van der Waals surface area contributed by atoms with Crippen molar-refractivity contribution in [3.8, 4) is 0 Å². The van der Waals surface area contributed by atoms with E-state index >= 15 is 0 Å². The van der Waals surface area contributed by atoms with Crippen LogP contribution in [0.3, 0.4) is 0 Å². The van der Waals surface area contributed by atoms with Crippen LogP contribution in [-0.2, 0) is 4.79 Å². The van der Waals surface area contributed by atoms with Gasteiger partial charge in [-0.3, -0.25) is 4.79 Å². The number of aliphatic carboxylic acids is 1. The molecule has 0 aliphatic heterocycles. The fraction of sp³-hybridized carbons (Fsp3) is 0.824. The highest BCUT2D eigenvalue weighted by atomic mass is 16.4. The topological polar surface area (TPSA) is 63.3 Å². The number of rotatable bonds is 5. The van der Waals surface area contributed by atoms with Gasteiger partial charge in [-0.25, -0.2) is 0 Å². The van der Waals surface area contributed by atoms with Crippen molar-refractivity contribution in [2.45, 2.75) is 57.8 Å². The summed E-state index contributed by atoms with van der Waals surface area (Å²) in [6.45, 7) is 0.522. The summed E-state index contributed by atoms with van der Waals surface area (Å²) >= 11 is 0. The number of carboxylic acid groups (broad SMARTS) is 1. The zero-order valence-electron chi connectivity index (χ0n) is 12.3. The SMILES string of the molecule is NC[C@@]1(CC(=O)O)C[C@@H]2CC(CC3CCCCC3)=C[C@@H]21. The van der Waals surface area contributed by atoms with E-state index in [4.69, 9.17) is 10.8 Å². The Morgan fingerprint density at radius 3 is 2.75 bits per heavy atom. The van der Waals surface area contributed by atoms with Crippen molar-refractivity contribution < 1.29 is 9.90 Å². The molecule has 20 heavy (non-hydrogen) atoms. The summed E-state index contributed by atoms with van der Waals surface area (Å²) < 4.78 is 0. The Morgan fingerprint density at radius 2 is 2.10 bits per heavy atom. The van der Waals surface area contributed by atoms with Gasteiger partial charge < -0.3 is 10.8 Å². The Kier molecular flexibility index (Phi) is 3.89. The molecule has 0 saturated heterocycles. The number of hydrogen-bond acceptors (Lipinski definition) is 2. The highest BCUT2D eigenvalue weighted by molar-refractivity contribution is 5.68. The summed E-state index contributed by atoms with van der Waals surface area (Å²) in [4.78, 5) is 11.1. The number of hydrogen-bond donors (Lipinski definition) is 2. The molecular weight excluding hydrogens is 250 g/mol. The molecule has 3 heteroatoms. The molecule has 0 spiro atoms. The van der Waals surface area contributed by atoms with Crippen LogP contribution in [0.4, 0.5) is 0 Å². The maximum absolute atomic E-state index is 11.1. The van der Waals surface area contributed by atoms with E-state index in [1.165, 1.54) is 44.9 Å². The molecule has 3 nitrogen and oxygen atoms in total. The largest absolute Gasteiger partial charge is 0.481 e. The molecule has 112 valence electrons. The standard InChI is InChI=1S/C17H27NO2/c18-11-17(10-16(19)20)9-14-7-13(8-15(14)17)6-12-4-2-1-3-5-12/h8,12,14-15H,1-7,9-11,18H2,(H,19,20)/t14-,15-,17-/m0/s1. The third kappa shape index (κ3) is 2.52. The number of allylic oxidation sites excluding steroid dienone is 2. The van der Waals surface area contributed by atoms with Crippen LogP contribution in [0.5, 0.6) is 0 Å². The third-order valence-electron chi connectivity index (χ3n) is 6.01. The highest BCUT2D eigenvalue weighted by Crippen LogP contribution is 2.60. The van der Waals surface area contributed by atoms with E-state index in [0.717, 1.165) is 12.3 Å². The molecule has 0 heterocycles. The van der Waals surface area contributed by atoms with Crippen LogP contribution in [0, 0.1) is 23.2 Å². The van der Waals surface area contributed by atoms with Gasteiger partial charge in [0.15, 0.2) is 0 Å². The van der Waals surface area contributed by atoms with Gasteiger partial charge in [-0.15, -0.1) is 0 Å². The summed E-state index contributed by atoms with van der Waals surface area (Å²) in [5.74, 6) is 1.33. The maximum atomic E-state index is 11.1. The first-order valence-electron chi connectivity index (χ1n) is 8.24. The molecule has 3 rings (SSSR count). The Balaban J connectivity index is 1.62. The van der Waals surface area contributed by atoms with Gasteiger partial charge in [-0.1, -0.05) is 43.8 Å². The van der Waals surface area contributed by atoms with Crippen LogP contribution in [0.1, 0.15) is 57.8 Å². The minimum atomic E-state index is -0.692. The van der Waals surface area contributed by atoms with E-state index < -0.39 is 5.97 Å². The van der Waals surface area contributed by atoms with Gasteiger partial charge in [0.2, 0.25) is 0 Å². The van der Waals surface area contributed by atoms with Gasteiger partial charge in [0, 0.05) is 0 Å². The van der Waals surface area contributed by atoms with Crippen LogP contribution >= 0.6 is 0 Å². The zero-order chi connectivity index (χ0) is 14.2. The quantitative estimate of drug-likeness (QED) is 0.758. The molecule has 2 fully saturated rings. The van der Waals surface area contributed by atoms with Crippen LogP contribution in [0.15, 0.2) is 11.6 Å². The molecule has 2 saturated carbocycles. The second kappa shape index (κ2) is 5.51. The van der Waals surface area contributed by atoms with Crippen LogP contribution in [-0.4, -0.2) is 17.6 Å². The van der Waals surface area contributed by atoms with E-state index in [0.29, 0.717) is 18.4 Å². The number of carbonyl (C=O) groups is 1. The second-order valence-electron chi connectivity index (χ2n) is 7.36. The fourth-order valence-electron chi connectivity index (χ4n) is 4.99. The van der Waals surface area contributed by atoms with Gasteiger partial charge in [-0.2, -0.15) is 0 Å². The average molecular weight is 277 g/mol. The van der Waals surface area contributed by atoms with Crippen molar-refractivity contribution in [3.63, 3.8) is 0 Å². The molecular formula is C17H27NO2. The van der Waals surface area contributed by atoms with Crippen molar-refractivity contribution in [3.05, 3.63) is 11.6 Å². The first kappa shape index (κ1) is 14.1. The highest BCUT2D eigenvalue weighted by Gasteiger charge is 2.54. The molecule has 0 aromatic heterocycles. The minimum Gasteiger partial charge on any atom is -0.481 e. The predicted molar refractivity (Wildman–Crippen MR) is 79.2 cm³/mol. The molecule has 3 atom stereocenters.